The molecule has 2 fully saturated rings. The third-order valence-electron chi connectivity index (χ3n) is 6.95. The van der Waals surface area contributed by atoms with Gasteiger partial charge in [-0.25, -0.2) is 0 Å². The SMILES string of the molecule is O=C(COC(=O)[C@H]1[C@H]2CC[C@@H](C2)[C@@H]1C(=O)OCC(=O)c1ccc([N+](=O)[O-])cc1)c1ccc([N+](=O)[O-])cc1. The van der Waals surface area contributed by atoms with Crippen molar-refractivity contribution < 1.29 is 38.5 Å². The van der Waals surface area contributed by atoms with Crippen LogP contribution in [0.25, 0.3) is 0 Å². The van der Waals surface area contributed by atoms with E-state index in [4.69, 9.17) is 9.47 Å². The Bertz CT molecular complexity index is 1160. The first-order valence-electron chi connectivity index (χ1n) is 11.5. The first-order chi connectivity index (χ1) is 17.7. The Kier molecular flexibility index (Phi) is 7.37. The molecule has 0 heterocycles. The zero-order valence-electron chi connectivity index (χ0n) is 19.4. The number of hydrogen-bond acceptors (Lipinski definition) is 10. The summed E-state index contributed by atoms with van der Waals surface area (Å²) >= 11 is 0. The molecule has 0 saturated heterocycles. The second-order valence-electron chi connectivity index (χ2n) is 9.05. The molecule has 0 amide bonds. The number of carbonyl (C=O) groups is 4. The van der Waals surface area contributed by atoms with Crippen LogP contribution < -0.4 is 0 Å². The molecule has 12 heteroatoms. The molecule has 4 rings (SSSR count). The van der Waals surface area contributed by atoms with Gasteiger partial charge in [0.05, 0.1) is 21.7 Å². The van der Waals surface area contributed by atoms with Crippen LogP contribution in [0, 0.1) is 43.9 Å². The van der Waals surface area contributed by atoms with Gasteiger partial charge >= 0.3 is 11.9 Å². The van der Waals surface area contributed by atoms with Crippen molar-refractivity contribution in [2.45, 2.75) is 19.3 Å². The van der Waals surface area contributed by atoms with E-state index < -0.39 is 58.4 Å². The monoisotopic (exact) mass is 510 g/mol. The number of ketones is 2. The van der Waals surface area contributed by atoms with Crippen LogP contribution in [0.3, 0.4) is 0 Å². The molecule has 2 saturated carbocycles. The van der Waals surface area contributed by atoms with Crippen LogP contribution in [0.4, 0.5) is 11.4 Å². The third-order valence-corrected chi connectivity index (χ3v) is 6.95. The summed E-state index contributed by atoms with van der Waals surface area (Å²) in [6, 6.07) is 9.79. The minimum Gasteiger partial charge on any atom is -0.457 e. The predicted octanol–water partition coefficient (Wildman–Crippen LogP) is 3.32. The molecule has 2 aromatic rings. The molecule has 0 aliphatic heterocycles. The molecule has 192 valence electrons. The van der Waals surface area contributed by atoms with Crippen LogP contribution >= 0.6 is 0 Å². The van der Waals surface area contributed by atoms with Crippen LogP contribution in [0.2, 0.25) is 0 Å². The molecule has 0 radical (unpaired) electrons. The number of ether oxygens (including phenoxy) is 2. The number of carbonyl (C=O) groups excluding carboxylic acids is 4. The molecule has 4 atom stereocenters. The van der Waals surface area contributed by atoms with Gasteiger partial charge in [-0.3, -0.25) is 39.4 Å². The van der Waals surface area contributed by atoms with Crippen molar-refractivity contribution in [3.63, 3.8) is 0 Å². The van der Waals surface area contributed by atoms with E-state index in [2.05, 4.69) is 0 Å². The molecule has 2 aliphatic carbocycles. The summed E-state index contributed by atoms with van der Waals surface area (Å²) in [5.41, 5.74) is -0.0630. The Hall–Kier alpha value is -4.48. The first kappa shape index (κ1) is 25.6. The van der Waals surface area contributed by atoms with Gasteiger partial charge in [0, 0.05) is 35.4 Å². The van der Waals surface area contributed by atoms with Crippen molar-refractivity contribution in [2.75, 3.05) is 13.2 Å². The van der Waals surface area contributed by atoms with Crippen molar-refractivity contribution >= 4 is 34.9 Å². The van der Waals surface area contributed by atoms with E-state index in [9.17, 15) is 39.4 Å². The van der Waals surface area contributed by atoms with E-state index in [-0.39, 0.29) is 34.3 Å². The summed E-state index contributed by atoms with van der Waals surface area (Å²) in [5.74, 6) is -4.30. The van der Waals surface area contributed by atoms with E-state index in [1.807, 2.05) is 0 Å². The Labute approximate surface area is 209 Å². The summed E-state index contributed by atoms with van der Waals surface area (Å²) in [7, 11) is 0. The van der Waals surface area contributed by atoms with Crippen molar-refractivity contribution in [3.05, 3.63) is 79.9 Å². The highest BCUT2D eigenvalue weighted by Gasteiger charge is 2.55. The number of rotatable bonds is 10. The smallest absolute Gasteiger partial charge is 0.310 e. The third kappa shape index (κ3) is 5.52. The second-order valence-corrected chi connectivity index (χ2v) is 9.05. The lowest BCUT2D eigenvalue weighted by atomic mass is 9.79. The van der Waals surface area contributed by atoms with E-state index in [1.54, 1.807) is 0 Å². The van der Waals surface area contributed by atoms with Gasteiger partial charge in [0.1, 0.15) is 0 Å². The number of benzene rings is 2. The summed E-state index contributed by atoms with van der Waals surface area (Å²) in [6.45, 7) is -1.16. The molecule has 37 heavy (non-hydrogen) atoms. The van der Waals surface area contributed by atoms with E-state index in [0.29, 0.717) is 6.42 Å². The van der Waals surface area contributed by atoms with E-state index >= 15 is 0 Å². The normalized spacial score (nSPS) is 21.7. The molecule has 2 bridgehead atoms. The lowest BCUT2D eigenvalue weighted by Gasteiger charge is -2.27. The fourth-order valence-electron chi connectivity index (χ4n) is 5.14. The van der Waals surface area contributed by atoms with Gasteiger partial charge in [0.2, 0.25) is 0 Å². The molecule has 0 spiro atoms. The maximum atomic E-state index is 12.9. The number of Topliss-reactive ketones (excluding diaryl/α,β-unsaturated/α-hetero) is 2. The summed E-state index contributed by atoms with van der Waals surface area (Å²) in [5, 5.41) is 21.5. The summed E-state index contributed by atoms with van der Waals surface area (Å²) in [4.78, 5) is 70.8. The van der Waals surface area contributed by atoms with Crippen LogP contribution in [0.5, 0.6) is 0 Å². The molecule has 0 unspecified atom stereocenters. The van der Waals surface area contributed by atoms with E-state index in [1.165, 1.54) is 48.5 Å². The highest BCUT2D eigenvalue weighted by Crippen LogP contribution is 2.53. The Balaban J connectivity index is 1.34. The zero-order valence-corrected chi connectivity index (χ0v) is 19.4. The minimum atomic E-state index is -0.801. The average Bonchev–Trinajstić information content (AvgIpc) is 3.52. The van der Waals surface area contributed by atoms with Crippen molar-refractivity contribution in [3.8, 4) is 0 Å². The number of fused-ring (bicyclic) bond motifs is 2. The first-order valence-corrected chi connectivity index (χ1v) is 11.5. The molecule has 12 nitrogen and oxygen atoms in total. The average molecular weight is 510 g/mol. The number of esters is 2. The van der Waals surface area contributed by atoms with Gasteiger partial charge in [0.15, 0.2) is 24.8 Å². The summed E-state index contributed by atoms with van der Waals surface area (Å²) < 4.78 is 10.5. The van der Waals surface area contributed by atoms with Crippen molar-refractivity contribution in [2.24, 2.45) is 23.7 Å². The van der Waals surface area contributed by atoms with E-state index in [0.717, 1.165) is 12.8 Å². The van der Waals surface area contributed by atoms with Gasteiger partial charge in [0.25, 0.3) is 11.4 Å². The number of nitro benzene ring substituents is 2. The predicted molar refractivity (Wildman–Crippen MR) is 125 cm³/mol. The lowest BCUT2D eigenvalue weighted by Crippen LogP contribution is -2.38. The van der Waals surface area contributed by atoms with Crippen molar-refractivity contribution in [1.29, 1.82) is 0 Å². The standard InChI is InChI=1S/C25H22N2O10/c28-20(14-3-7-18(8-4-14)26(32)33)12-36-24(30)22-16-1-2-17(11-16)23(22)25(31)37-13-21(29)15-5-9-19(10-6-15)27(34)35/h3-10,16-17,22-23H,1-2,11-13H2/t16-,17-,22-,23-/m0/s1. The quantitative estimate of drug-likeness (QED) is 0.200. The van der Waals surface area contributed by atoms with Gasteiger partial charge in [-0.15, -0.1) is 0 Å². The minimum absolute atomic E-state index is 0.102. The Morgan fingerprint density at radius 1 is 0.676 bits per heavy atom. The second kappa shape index (κ2) is 10.6. The van der Waals surface area contributed by atoms with Crippen LogP contribution in [0.1, 0.15) is 40.0 Å². The summed E-state index contributed by atoms with van der Waals surface area (Å²) in [6.07, 6.45) is 2.09. The van der Waals surface area contributed by atoms with Crippen LogP contribution in [0.15, 0.2) is 48.5 Å². The molecule has 0 N–H and O–H groups in total. The largest absolute Gasteiger partial charge is 0.457 e. The van der Waals surface area contributed by atoms with Gasteiger partial charge in [-0.1, -0.05) is 0 Å². The fourth-order valence-corrected chi connectivity index (χ4v) is 5.14. The fraction of sp³-hybridized carbons (Fsp3) is 0.360. The molecular formula is C25H22N2O10. The Morgan fingerprint density at radius 3 is 1.35 bits per heavy atom. The molecule has 2 aliphatic rings. The van der Waals surface area contributed by atoms with Gasteiger partial charge < -0.3 is 9.47 Å². The maximum absolute atomic E-state index is 12.9. The highest BCUT2D eigenvalue weighted by atomic mass is 16.6. The molecule has 2 aromatic carbocycles. The maximum Gasteiger partial charge on any atom is 0.310 e. The Morgan fingerprint density at radius 2 is 1.03 bits per heavy atom. The highest BCUT2D eigenvalue weighted by molar-refractivity contribution is 5.99. The number of nitro groups is 2. The van der Waals surface area contributed by atoms with Gasteiger partial charge in [-0.2, -0.15) is 0 Å². The zero-order chi connectivity index (χ0) is 26.7. The molecular weight excluding hydrogens is 488 g/mol. The van der Waals surface area contributed by atoms with Crippen LogP contribution in [-0.2, 0) is 19.1 Å². The number of non-ortho nitro benzene ring substituents is 2. The lowest BCUT2D eigenvalue weighted by molar-refractivity contribution is -0.385. The van der Waals surface area contributed by atoms with Crippen LogP contribution in [-0.4, -0.2) is 46.6 Å². The topological polar surface area (TPSA) is 173 Å². The number of hydrogen-bond donors (Lipinski definition) is 0. The van der Waals surface area contributed by atoms with Gasteiger partial charge in [-0.05, 0) is 55.4 Å². The van der Waals surface area contributed by atoms with Crippen molar-refractivity contribution in [1.82, 2.24) is 0 Å². The number of nitrogens with zero attached hydrogens (tertiary/aromatic N) is 2. The molecule has 0 aromatic heterocycles.